The highest BCUT2D eigenvalue weighted by atomic mass is 32.2. The normalized spacial score (nSPS) is 11.6. The SMILES string of the molecule is O=S(=O)(O)c1ccc(/N=N/c2ccc(NCc3ccccn3)cc2)cc1. The zero-order valence-corrected chi connectivity index (χ0v) is 14.5. The summed E-state index contributed by atoms with van der Waals surface area (Å²) in [5.41, 5.74) is 3.03. The predicted molar refractivity (Wildman–Crippen MR) is 98.4 cm³/mol. The highest BCUT2D eigenvalue weighted by molar-refractivity contribution is 7.85. The molecule has 0 aliphatic carbocycles. The van der Waals surface area contributed by atoms with Crippen molar-refractivity contribution >= 4 is 27.2 Å². The van der Waals surface area contributed by atoms with Crippen LogP contribution in [-0.4, -0.2) is 18.0 Å². The van der Waals surface area contributed by atoms with E-state index in [4.69, 9.17) is 4.55 Å². The summed E-state index contributed by atoms with van der Waals surface area (Å²) in [5.74, 6) is 0. The molecule has 7 nitrogen and oxygen atoms in total. The largest absolute Gasteiger partial charge is 0.379 e. The van der Waals surface area contributed by atoms with E-state index >= 15 is 0 Å². The molecule has 1 heterocycles. The first-order chi connectivity index (χ1) is 12.5. The molecule has 8 heteroatoms. The molecule has 0 bridgehead atoms. The van der Waals surface area contributed by atoms with Gasteiger partial charge in [0.25, 0.3) is 10.1 Å². The van der Waals surface area contributed by atoms with E-state index < -0.39 is 10.1 Å². The highest BCUT2D eigenvalue weighted by Crippen LogP contribution is 2.21. The smallest absolute Gasteiger partial charge is 0.294 e. The van der Waals surface area contributed by atoms with Crippen LogP contribution in [0.2, 0.25) is 0 Å². The van der Waals surface area contributed by atoms with Crippen molar-refractivity contribution in [2.45, 2.75) is 11.4 Å². The fourth-order valence-corrected chi connectivity index (χ4v) is 2.62. The summed E-state index contributed by atoms with van der Waals surface area (Å²) in [6.45, 7) is 0.627. The van der Waals surface area contributed by atoms with Crippen molar-refractivity contribution in [1.82, 2.24) is 4.98 Å². The van der Waals surface area contributed by atoms with Crippen LogP contribution in [0.1, 0.15) is 5.69 Å². The van der Waals surface area contributed by atoms with Crippen LogP contribution in [-0.2, 0) is 16.7 Å². The maximum Gasteiger partial charge on any atom is 0.294 e. The third-order valence-electron chi connectivity index (χ3n) is 3.48. The first-order valence-corrected chi connectivity index (χ1v) is 9.18. The van der Waals surface area contributed by atoms with E-state index in [1.54, 1.807) is 6.20 Å². The lowest BCUT2D eigenvalue weighted by Crippen LogP contribution is -2.00. The fraction of sp³-hybridized carbons (Fsp3) is 0.0556. The average molecular weight is 368 g/mol. The highest BCUT2D eigenvalue weighted by Gasteiger charge is 2.08. The van der Waals surface area contributed by atoms with Gasteiger partial charge in [-0.05, 0) is 60.7 Å². The molecule has 2 N–H and O–H groups in total. The van der Waals surface area contributed by atoms with Crippen LogP contribution in [0.3, 0.4) is 0 Å². The van der Waals surface area contributed by atoms with E-state index in [0.29, 0.717) is 17.9 Å². The van der Waals surface area contributed by atoms with Crippen LogP contribution < -0.4 is 5.32 Å². The van der Waals surface area contributed by atoms with Gasteiger partial charge in [0.2, 0.25) is 0 Å². The van der Waals surface area contributed by atoms with Crippen LogP contribution in [0.25, 0.3) is 0 Å². The lowest BCUT2D eigenvalue weighted by Gasteiger charge is -2.05. The summed E-state index contributed by atoms with van der Waals surface area (Å²) in [5, 5.41) is 11.4. The van der Waals surface area contributed by atoms with E-state index in [1.165, 1.54) is 24.3 Å². The van der Waals surface area contributed by atoms with Crippen molar-refractivity contribution in [1.29, 1.82) is 0 Å². The Morgan fingerprint density at radius 2 is 1.50 bits per heavy atom. The molecule has 132 valence electrons. The molecule has 0 amide bonds. The minimum absolute atomic E-state index is 0.181. The van der Waals surface area contributed by atoms with Crippen molar-refractivity contribution in [2.24, 2.45) is 10.2 Å². The van der Waals surface area contributed by atoms with Gasteiger partial charge in [0, 0.05) is 11.9 Å². The number of hydrogen-bond acceptors (Lipinski definition) is 6. The van der Waals surface area contributed by atoms with Gasteiger partial charge in [0.05, 0.1) is 28.5 Å². The van der Waals surface area contributed by atoms with Crippen LogP contribution in [0.5, 0.6) is 0 Å². The summed E-state index contributed by atoms with van der Waals surface area (Å²) in [7, 11) is -4.20. The van der Waals surface area contributed by atoms with Crippen molar-refractivity contribution < 1.29 is 13.0 Å². The first kappa shape index (κ1) is 17.7. The molecular formula is C18H16N4O3S. The molecule has 0 aliphatic heterocycles. The zero-order valence-electron chi connectivity index (χ0n) is 13.6. The van der Waals surface area contributed by atoms with Crippen molar-refractivity contribution in [3.05, 3.63) is 78.6 Å². The second-order valence-corrected chi connectivity index (χ2v) is 6.81. The Morgan fingerprint density at radius 1 is 0.885 bits per heavy atom. The molecule has 3 aromatic rings. The molecule has 0 fully saturated rings. The van der Waals surface area contributed by atoms with E-state index in [-0.39, 0.29) is 4.90 Å². The van der Waals surface area contributed by atoms with Crippen molar-refractivity contribution in [2.75, 3.05) is 5.32 Å². The Labute approximate surface area is 151 Å². The molecule has 2 aromatic carbocycles. The Bertz CT molecular complexity index is 987. The summed E-state index contributed by atoms with van der Waals surface area (Å²) in [6, 6.07) is 18.6. The Hall–Kier alpha value is -3.10. The molecule has 26 heavy (non-hydrogen) atoms. The van der Waals surface area contributed by atoms with Gasteiger partial charge < -0.3 is 5.32 Å². The van der Waals surface area contributed by atoms with Gasteiger partial charge in [-0.25, -0.2) is 0 Å². The zero-order chi connectivity index (χ0) is 18.4. The van der Waals surface area contributed by atoms with Crippen LogP contribution >= 0.6 is 0 Å². The molecular weight excluding hydrogens is 352 g/mol. The van der Waals surface area contributed by atoms with Gasteiger partial charge in [0.1, 0.15) is 0 Å². The van der Waals surface area contributed by atoms with Crippen LogP contribution in [0.15, 0.2) is 88.1 Å². The predicted octanol–water partition coefficient (Wildman–Crippen LogP) is 4.36. The minimum Gasteiger partial charge on any atom is -0.379 e. The van der Waals surface area contributed by atoms with Gasteiger partial charge in [-0.1, -0.05) is 6.07 Å². The number of nitrogens with one attached hydrogen (secondary N) is 1. The molecule has 0 aliphatic rings. The molecule has 0 saturated carbocycles. The number of hydrogen-bond donors (Lipinski definition) is 2. The molecule has 0 radical (unpaired) electrons. The van der Waals surface area contributed by atoms with Crippen LogP contribution in [0, 0.1) is 0 Å². The second kappa shape index (κ2) is 7.85. The summed E-state index contributed by atoms with van der Waals surface area (Å²) in [6.07, 6.45) is 1.75. The Kier molecular flexibility index (Phi) is 5.35. The van der Waals surface area contributed by atoms with E-state index in [9.17, 15) is 8.42 Å². The summed E-state index contributed by atoms with van der Waals surface area (Å²) < 4.78 is 30.9. The number of benzene rings is 2. The number of azo groups is 1. The number of anilines is 1. The number of nitrogens with zero attached hydrogens (tertiary/aromatic N) is 3. The van der Waals surface area contributed by atoms with Gasteiger partial charge in [-0.15, -0.1) is 0 Å². The lowest BCUT2D eigenvalue weighted by molar-refractivity contribution is 0.483. The van der Waals surface area contributed by atoms with E-state index in [1.807, 2.05) is 42.5 Å². The Balaban J connectivity index is 1.61. The third-order valence-corrected chi connectivity index (χ3v) is 4.35. The molecule has 3 rings (SSSR count). The number of aromatic nitrogens is 1. The lowest BCUT2D eigenvalue weighted by atomic mass is 10.2. The van der Waals surface area contributed by atoms with Gasteiger partial charge in [-0.2, -0.15) is 18.6 Å². The Morgan fingerprint density at radius 3 is 2.04 bits per heavy atom. The molecule has 0 unspecified atom stereocenters. The maximum atomic E-state index is 11.0. The number of pyridine rings is 1. The average Bonchev–Trinajstić information content (AvgIpc) is 2.66. The quantitative estimate of drug-likeness (QED) is 0.497. The number of rotatable bonds is 6. The third kappa shape index (κ3) is 4.95. The van der Waals surface area contributed by atoms with E-state index in [0.717, 1.165) is 11.4 Å². The van der Waals surface area contributed by atoms with Crippen LogP contribution in [0.4, 0.5) is 17.1 Å². The van der Waals surface area contributed by atoms with Crippen molar-refractivity contribution in [3.8, 4) is 0 Å². The maximum absolute atomic E-state index is 11.0. The molecule has 1 aromatic heterocycles. The van der Waals surface area contributed by atoms with E-state index in [2.05, 4.69) is 20.5 Å². The first-order valence-electron chi connectivity index (χ1n) is 7.74. The molecule has 0 spiro atoms. The van der Waals surface area contributed by atoms with Crippen molar-refractivity contribution in [3.63, 3.8) is 0 Å². The summed E-state index contributed by atoms with van der Waals surface area (Å²) in [4.78, 5) is 4.07. The van der Waals surface area contributed by atoms with Gasteiger partial charge in [-0.3, -0.25) is 9.54 Å². The second-order valence-electron chi connectivity index (χ2n) is 5.39. The topological polar surface area (TPSA) is 104 Å². The molecule has 0 atom stereocenters. The standard InChI is InChI=1S/C18H16N4O3S/c23-26(24,25)18-10-8-16(9-11-18)22-21-15-6-4-14(5-7-15)20-13-17-3-1-2-12-19-17/h1-12,20H,13H2,(H,23,24,25)/b22-21+. The minimum atomic E-state index is -4.20. The fourth-order valence-electron chi connectivity index (χ4n) is 2.14. The summed E-state index contributed by atoms with van der Waals surface area (Å²) >= 11 is 0. The van der Waals surface area contributed by atoms with Gasteiger partial charge in [0.15, 0.2) is 0 Å². The van der Waals surface area contributed by atoms with Gasteiger partial charge >= 0.3 is 0 Å². The molecule has 0 saturated heterocycles. The monoisotopic (exact) mass is 368 g/mol.